The van der Waals surface area contributed by atoms with Crippen molar-refractivity contribution < 1.29 is 13.9 Å². The Morgan fingerprint density at radius 2 is 1.93 bits per heavy atom. The minimum absolute atomic E-state index is 0.138. The van der Waals surface area contributed by atoms with Crippen LogP contribution >= 0.6 is 0 Å². The maximum Gasteiger partial charge on any atom is 0.226 e. The van der Waals surface area contributed by atoms with E-state index in [0.717, 1.165) is 68.4 Å². The van der Waals surface area contributed by atoms with Crippen LogP contribution in [-0.2, 0) is 4.74 Å². The van der Waals surface area contributed by atoms with Gasteiger partial charge in [-0.3, -0.25) is 0 Å². The number of aromatic nitrogens is 2. The quantitative estimate of drug-likeness (QED) is 0.819. The van der Waals surface area contributed by atoms with E-state index in [1.807, 2.05) is 29.3 Å². The summed E-state index contributed by atoms with van der Waals surface area (Å²) in [6.07, 6.45) is 7.52. The van der Waals surface area contributed by atoms with Crippen LogP contribution in [0.4, 0.5) is 10.3 Å². The van der Waals surface area contributed by atoms with Gasteiger partial charge in [-0.2, -0.15) is 0 Å². The van der Waals surface area contributed by atoms with Gasteiger partial charge in [0.25, 0.3) is 0 Å². The molecule has 2 fully saturated rings. The summed E-state index contributed by atoms with van der Waals surface area (Å²) in [5, 5.41) is 0.930. The highest BCUT2D eigenvalue weighted by Gasteiger charge is 2.26. The zero-order valence-electron chi connectivity index (χ0n) is 16.2. The minimum atomic E-state index is -0.426. The van der Waals surface area contributed by atoms with E-state index in [9.17, 15) is 4.39 Å². The van der Waals surface area contributed by atoms with Crippen LogP contribution < -0.4 is 15.4 Å². The Morgan fingerprint density at radius 1 is 1.14 bits per heavy atom. The van der Waals surface area contributed by atoms with Gasteiger partial charge in [0.1, 0.15) is 24.0 Å². The molecule has 0 unspecified atom stereocenters. The van der Waals surface area contributed by atoms with Crippen molar-refractivity contribution in [1.29, 1.82) is 0 Å². The van der Waals surface area contributed by atoms with E-state index in [2.05, 4.69) is 4.98 Å². The lowest BCUT2D eigenvalue weighted by molar-refractivity contribution is 0.0261. The van der Waals surface area contributed by atoms with Gasteiger partial charge in [-0.25, -0.2) is 14.4 Å². The van der Waals surface area contributed by atoms with Crippen molar-refractivity contribution in [3.63, 3.8) is 0 Å². The van der Waals surface area contributed by atoms with Gasteiger partial charge < -0.3 is 20.1 Å². The molecule has 2 heterocycles. The molecule has 2 aromatic rings. The van der Waals surface area contributed by atoms with Crippen LogP contribution in [0.2, 0.25) is 0 Å². The van der Waals surface area contributed by atoms with Crippen molar-refractivity contribution in [2.75, 3.05) is 31.3 Å². The van der Waals surface area contributed by atoms with E-state index in [0.29, 0.717) is 12.5 Å². The van der Waals surface area contributed by atoms with Crippen LogP contribution in [0.25, 0.3) is 10.9 Å². The zero-order valence-corrected chi connectivity index (χ0v) is 16.2. The molecular weight excluding hydrogens is 359 g/mol. The summed E-state index contributed by atoms with van der Waals surface area (Å²) in [4.78, 5) is 11.4. The number of nitrogens with zero attached hydrogens (tertiary/aromatic N) is 3. The predicted molar refractivity (Wildman–Crippen MR) is 108 cm³/mol. The van der Waals surface area contributed by atoms with Crippen LogP contribution in [0.15, 0.2) is 24.4 Å². The Labute approximate surface area is 165 Å². The van der Waals surface area contributed by atoms with Gasteiger partial charge in [-0.05, 0) is 31.7 Å². The molecule has 1 aliphatic heterocycles. The number of anilines is 1. The van der Waals surface area contributed by atoms with Gasteiger partial charge >= 0.3 is 0 Å². The number of hydrogen-bond donors (Lipinski definition) is 1. The fourth-order valence-corrected chi connectivity index (χ4v) is 4.18. The molecule has 28 heavy (non-hydrogen) atoms. The van der Waals surface area contributed by atoms with Crippen LogP contribution in [0.5, 0.6) is 5.75 Å². The second-order valence-corrected chi connectivity index (χ2v) is 7.74. The molecule has 1 aliphatic carbocycles. The first-order valence-electron chi connectivity index (χ1n) is 10.3. The first-order chi connectivity index (χ1) is 13.7. The van der Waals surface area contributed by atoms with Crippen molar-refractivity contribution in [3.05, 3.63) is 24.4 Å². The molecular formula is C21H29FN4O2. The lowest BCUT2D eigenvalue weighted by Crippen LogP contribution is -2.42. The third-order valence-electron chi connectivity index (χ3n) is 5.79. The largest absolute Gasteiger partial charge is 0.488 e. The Hall–Kier alpha value is -1.99. The molecule has 1 aromatic heterocycles. The summed E-state index contributed by atoms with van der Waals surface area (Å²) in [6, 6.07) is 6.38. The molecule has 0 atom stereocenters. The highest BCUT2D eigenvalue weighted by atomic mass is 19.1. The Kier molecular flexibility index (Phi) is 6.22. The molecule has 1 aromatic carbocycles. The second-order valence-electron chi connectivity index (χ2n) is 7.74. The van der Waals surface area contributed by atoms with E-state index in [1.165, 1.54) is 0 Å². The maximum atomic E-state index is 13.3. The molecule has 0 bridgehead atoms. The monoisotopic (exact) mass is 388 g/mol. The first-order valence-corrected chi connectivity index (χ1v) is 10.3. The number of para-hydroxylation sites is 1. The van der Waals surface area contributed by atoms with Crippen LogP contribution in [0, 0.1) is 0 Å². The maximum absolute atomic E-state index is 13.3. The normalized spacial score (nSPS) is 23.6. The van der Waals surface area contributed by atoms with Crippen molar-refractivity contribution >= 4 is 16.9 Å². The fraction of sp³-hybridized carbons (Fsp3) is 0.619. The van der Waals surface area contributed by atoms with E-state index < -0.39 is 6.67 Å². The molecule has 152 valence electrons. The fourth-order valence-electron chi connectivity index (χ4n) is 4.18. The smallest absolute Gasteiger partial charge is 0.226 e. The Morgan fingerprint density at radius 3 is 2.68 bits per heavy atom. The summed E-state index contributed by atoms with van der Waals surface area (Å²) in [5.41, 5.74) is 6.83. The van der Waals surface area contributed by atoms with Gasteiger partial charge in [0.15, 0.2) is 0 Å². The summed E-state index contributed by atoms with van der Waals surface area (Å²) in [5.74, 6) is 1.34. The summed E-state index contributed by atoms with van der Waals surface area (Å²) in [7, 11) is 0. The van der Waals surface area contributed by atoms with Crippen molar-refractivity contribution in [3.8, 4) is 5.75 Å². The predicted octanol–water partition coefficient (Wildman–Crippen LogP) is 3.23. The van der Waals surface area contributed by atoms with Gasteiger partial charge in [0, 0.05) is 43.1 Å². The standard InChI is InChI=1S/C21H29FN4O2/c22-10-11-26(17-6-4-16(23)5-7-17)21-24-14-15-2-1-3-19(20(15)25-21)28-18-8-12-27-13-9-18/h1-3,14,16-18H,4-13,23H2. The van der Waals surface area contributed by atoms with Gasteiger partial charge in [0.05, 0.1) is 13.2 Å². The van der Waals surface area contributed by atoms with Gasteiger partial charge in [0.2, 0.25) is 5.95 Å². The Bertz CT molecular complexity index is 776. The highest BCUT2D eigenvalue weighted by molar-refractivity contribution is 5.84. The average molecular weight is 388 g/mol. The number of nitrogens with two attached hydrogens (primary N) is 1. The van der Waals surface area contributed by atoms with Crippen LogP contribution in [0.3, 0.4) is 0 Å². The first kappa shape index (κ1) is 19.3. The molecule has 6 nitrogen and oxygen atoms in total. The zero-order chi connectivity index (χ0) is 19.3. The topological polar surface area (TPSA) is 73.5 Å². The van der Waals surface area contributed by atoms with E-state index in [-0.39, 0.29) is 18.2 Å². The van der Waals surface area contributed by atoms with E-state index in [4.69, 9.17) is 20.2 Å². The molecule has 0 spiro atoms. The SMILES string of the molecule is NC1CCC(N(CCF)c2ncc3cccc(OC4CCOCC4)c3n2)CC1. The third kappa shape index (κ3) is 4.36. The third-order valence-corrected chi connectivity index (χ3v) is 5.79. The number of halogens is 1. The molecule has 2 N–H and O–H groups in total. The number of benzene rings is 1. The lowest BCUT2D eigenvalue weighted by atomic mass is 9.91. The highest BCUT2D eigenvalue weighted by Crippen LogP contribution is 2.30. The summed E-state index contributed by atoms with van der Waals surface area (Å²) >= 11 is 0. The average Bonchev–Trinajstić information content (AvgIpc) is 2.74. The number of fused-ring (bicyclic) bond motifs is 1. The molecule has 2 aliphatic rings. The molecule has 0 radical (unpaired) electrons. The molecule has 1 saturated heterocycles. The van der Waals surface area contributed by atoms with Crippen molar-refractivity contribution in [2.45, 2.75) is 56.7 Å². The van der Waals surface area contributed by atoms with E-state index in [1.54, 1.807) is 0 Å². The number of ether oxygens (including phenoxy) is 2. The van der Waals surface area contributed by atoms with Crippen molar-refractivity contribution in [2.24, 2.45) is 5.73 Å². The second kappa shape index (κ2) is 9.01. The number of rotatable bonds is 6. The molecule has 4 rings (SSSR count). The molecule has 0 amide bonds. The summed E-state index contributed by atoms with van der Waals surface area (Å²) in [6.45, 7) is 1.33. The van der Waals surface area contributed by atoms with E-state index >= 15 is 0 Å². The van der Waals surface area contributed by atoms with Crippen molar-refractivity contribution in [1.82, 2.24) is 9.97 Å². The molecule has 1 saturated carbocycles. The summed E-state index contributed by atoms with van der Waals surface area (Å²) < 4.78 is 25.0. The van der Waals surface area contributed by atoms with Gasteiger partial charge in [-0.15, -0.1) is 0 Å². The van der Waals surface area contributed by atoms with Crippen LogP contribution in [0.1, 0.15) is 38.5 Å². The number of alkyl halides is 1. The van der Waals surface area contributed by atoms with Crippen LogP contribution in [-0.4, -0.2) is 54.6 Å². The minimum Gasteiger partial charge on any atom is -0.488 e. The lowest BCUT2D eigenvalue weighted by Gasteiger charge is -2.35. The Balaban J connectivity index is 1.61. The molecule has 7 heteroatoms. The van der Waals surface area contributed by atoms with Gasteiger partial charge in [-0.1, -0.05) is 12.1 Å². The number of hydrogen-bond acceptors (Lipinski definition) is 6.